The number of nitrogens with one attached hydrogen (secondary N) is 1. The Balaban J connectivity index is 1.64. The van der Waals surface area contributed by atoms with Crippen LogP contribution in [0.1, 0.15) is 5.56 Å². The summed E-state index contributed by atoms with van der Waals surface area (Å²) in [4.78, 5) is 38.4. The molecule has 4 aromatic rings. The van der Waals surface area contributed by atoms with Gasteiger partial charge in [0, 0.05) is 11.8 Å². The van der Waals surface area contributed by atoms with Crippen LogP contribution >= 0.6 is 0 Å². The van der Waals surface area contributed by atoms with Gasteiger partial charge in [-0.2, -0.15) is 5.10 Å². The number of amides is 2. The predicted octanol–water partition coefficient (Wildman–Crippen LogP) is 2.18. The van der Waals surface area contributed by atoms with Crippen LogP contribution in [-0.2, 0) is 16.1 Å². The van der Waals surface area contributed by atoms with Crippen LogP contribution in [0, 0.1) is 5.82 Å². The number of carbonyl (C=O) groups excluding carboxylic acids is 2. The van der Waals surface area contributed by atoms with E-state index in [9.17, 15) is 14.0 Å². The second-order valence-corrected chi connectivity index (χ2v) is 7.21. The van der Waals surface area contributed by atoms with E-state index in [0.717, 1.165) is 4.90 Å². The number of halogens is 1. The molecule has 11 nitrogen and oxygen atoms in total. The maximum Gasteiger partial charge on any atom is 0.414 e. The van der Waals surface area contributed by atoms with E-state index in [-0.39, 0.29) is 42.1 Å². The highest BCUT2D eigenvalue weighted by Gasteiger charge is 2.32. The van der Waals surface area contributed by atoms with E-state index in [1.54, 1.807) is 41.2 Å². The van der Waals surface area contributed by atoms with Gasteiger partial charge in [-0.15, -0.1) is 0 Å². The SMILES string of the molecule is COC(=O)N1CC(=O)Nc2nc(-c3nn(Cc4ccccc4F)c4ncccc34)nc(N)c21. The molecule has 0 spiro atoms. The number of methoxy groups -OCH3 is 1. The number of hydrogen-bond donors (Lipinski definition) is 2. The van der Waals surface area contributed by atoms with Crippen molar-refractivity contribution in [1.82, 2.24) is 24.7 Å². The fourth-order valence-electron chi connectivity index (χ4n) is 3.66. The van der Waals surface area contributed by atoms with Crippen LogP contribution in [0.3, 0.4) is 0 Å². The molecule has 1 aliphatic rings. The predicted molar refractivity (Wildman–Crippen MR) is 117 cm³/mol. The minimum Gasteiger partial charge on any atom is -0.452 e. The Hall–Kier alpha value is -4.61. The third-order valence-electron chi connectivity index (χ3n) is 5.13. The smallest absolute Gasteiger partial charge is 0.414 e. The summed E-state index contributed by atoms with van der Waals surface area (Å²) in [7, 11) is 1.20. The highest BCUT2D eigenvalue weighted by Crippen LogP contribution is 2.36. The third kappa shape index (κ3) is 3.46. The number of pyridine rings is 1. The van der Waals surface area contributed by atoms with Gasteiger partial charge in [0.25, 0.3) is 0 Å². The van der Waals surface area contributed by atoms with Gasteiger partial charge in [0.15, 0.2) is 23.1 Å². The Morgan fingerprint density at radius 2 is 2.06 bits per heavy atom. The molecule has 0 bridgehead atoms. The largest absolute Gasteiger partial charge is 0.452 e. The highest BCUT2D eigenvalue weighted by atomic mass is 19.1. The second-order valence-electron chi connectivity index (χ2n) is 7.21. The van der Waals surface area contributed by atoms with E-state index in [4.69, 9.17) is 10.5 Å². The van der Waals surface area contributed by atoms with Crippen LogP contribution < -0.4 is 16.0 Å². The molecule has 1 aromatic carbocycles. The maximum atomic E-state index is 14.2. The number of nitrogens with two attached hydrogens (primary N) is 1. The van der Waals surface area contributed by atoms with E-state index in [1.165, 1.54) is 13.2 Å². The molecule has 1 aliphatic heterocycles. The van der Waals surface area contributed by atoms with E-state index in [1.807, 2.05) is 0 Å². The highest BCUT2D eigenvalue weighted by molar-refractivity contribution is 6.09. The average molecular weight is 448 g/mol. The fraction of sp³-hybridized carbons (Fsp3) is 0.143. The number of nitrogens with zero attached hydrogens (tertiary/aromatic N) is 6. The topological polar surface area (TPSA) is 141 Å². The van der Waals surface area contributed by atoms with Crippen molar-refractivity contribution in [2.75, 3.05) is 29.6 Å². The molecule has 0 saturated heterocycles. The van der Waals surface area contributed by atoms with E-state index >= 15 is 0 Å². The number of nitrogen functional groups attached to an aromatic ring is 1. The number of fused-ring (bicyclic) bond motifs is 2. The molecule has 0 fully saturated rings. The van der Waals surface area contributed by atoms with Crippen molar-refractivity contribution in [3.05, 3.63) is 54.0 Å². The van der Waals surface area contributed by atoms with Crippen LogP contribution in [-0.4, -0.2) is 50.4 Å². The Kier molecular flexibility index (Phi) is 4.81. The first kappa shape index (κ1) is 20.3. The summed E-state index contributed by atoms with van der Waals surface area (Å²) < 4.78 is 20.5. The molecule has 3 aromatic heterocycles. The summed E-state index contributed by atoms with van der Waals surface area (Å²) in [5.41, 5.74) is 7.56. The standard InChI is InChI=1S/C21H17FN8O3/c1-33-21(32)29-10-14(31)25-19-16(29)17(23)26-18(27-19)15-12-6-4-8-24-20(12)30(28-15)9-11-5-2-3-7-13(11)22/h2-8H,9-10H2,1H3,(H3,23,25,26,27,31). The second kappa shape index (κ2) is 7.82. The van der Waals surface area contributed by atoms with Crippen molar-refractivity contribution in [3.63, 3.8) is 0 Å². The molecule has 0 atom stereocenters. The van der Waals surface area contributed by atoms with Gasteiger partial charge in [-0.1, -0.05) is 18.2 Å². The zero-order valence-corrected chi connectivity index (χ0v) is 17.3. The minimum absolute atomic E-state index is 0.0407. The maximum absolute atomic E-state index is 14.2. The quantitative estimate of drug-likeness (QED) is 0.486. The molecule has 3 N–H and O–H groups in total. The number of benzene rings is 1. The summed E-state index contributed by atoms with van der Waals surface area (Å²) >= 11 is 0. The van der Waals surface area contributed by atoms with Gasteiger partial charge in [0.1, 0.15) is 23.7 Å². The Morgan fingerprint density at radius 3 is 2.85 bits per heavy atom. The van der Waals surface area contributed by atoms with Gasteiger partial charge >= 0.3 is 6.09 Å². The lowest BCUT2D eigenvalue weighted by molar-refractivity contribution is -0.115. The lowest BCUT2D eigenvalue weighted by Gasteiger charge is -2.27. The summed E-state index contributed by atoms with van der Waals surface area (Å²) in [6.07, 6.45) is 0.834. The van der Waals surface area contributed by atoms with Crippen molar-refractivity contribution in [2.45, 2.75) is 6.54 Å². The number of hydrogen-bond acceptors (Lipinski definition) is 8. The molecule has 166 valence electrons. The molecular formula is C21H17FN8O3. The normalized spacial score (nSPS) is 13.0. The zero-order valence-electron chi connectivity index (χ0n) is 17.3. The molecule has 0 aliphatic carbocycles. The first-order chi connectivity index (χ1) is 16.0. The van der Waals surface area contributed by atoms with Crippen molar-refractivity contribution in [3.8, 4) is 11.5 Å². The van der Waals surface area contributed by atoms with Crippen LogP contribution in [0.5, 0.6) is 0 Å². The van der Waals surface area contributed by atoms with Crippen molar-refractivity contribution in [1.29, 1.82) is 0 Å². The molecular weight excluding hydrogens is 431 g/mol. The first-order valence-electron chi connectivity index (χ1n) is 9.84. The van der Waals surface area contributed by atoms with E-state index < -0.39 is 12.0 Å². The number of rotatable bonds is 3. The van der Waals surface area contributed by atoms with Crippen molar-refractivity contribution >= 4 is 40.4 Å². The molecule has 5 rings (SSSR count). The van der Waals surface area contributed by atoms with E-state index in [0.29, 0.717) is 22.3 Å². The van der Waals surface area contributed by atoms with Crippen LogP contribution in [0.15, 0.2) is 42.6 Å². The minimum atomic E-state index is -0.766. The number of carbonyl (C=O) groups is 2. The molecule has 2 amide bonds. The lowest BCUT2D eigenvalue weighted by Crippen LogP contribution is -2.43. The third-order valence-corrected chi connectivity index (χ3v) is 5.13. The van der Waals surface area contributed by atoms with Crippen molar-refractivity contribution in [2.24, 2.45) is 0 Å². The number of aromatic nitrogens is 5. The first-order valence-corrected chi connectivity index (χ1v) is 9.84. The van der Waals surface area contributed by atoms with Crippen molar-refractivity contribution < 1.29 is 18.7 Å². The number of anilines is 3. The Morgan fingerprint density at radius 1 is 1.24 bits per heavy atom. The van der Waals surface area contributed by atoms with Gasteiger partial charge < -0.3 is 15.8 Å². The summed E-state index contributed by atoms with van der Waals surface area (Å²) in [5, 5.41) is 7.78. The van der Waals surface area contributed by atoms with Gasteiger partial charge in [-0.3, -0.25) is 9.69 Å². The molecule has 33 heavy (non-hydrogen) atoms. The van der Waals surface area contributed by atoms with Crippen LogP contribution in [0.2, 0.25) is 0 Å². The number of ether oxygens (including phenoxy) is 1. The van der Waals surface area contributed by atoms with Gasteiger partial charge in [-0.25, -0.2) is 28.8 Å². The van der Waals surface area contributed by atoms with Crippen LogP contribution in [0.4, 0.5) is 26.5 Å². The molecule has 0 unspecified atom stereocenters. The monoisotopic (exact) mass is 448 g/mol. The molecule has 4 heterocycles. The lowest BCUT2D eigenvalue weighted by atomic mass is 10.2. The Bertz CT molecular complexity index is 1420. The average Bonchev–Trinajstić information content (AvgIpc) is 3.17. The van der Waals surface area contributed by atoms with E-state index in [2.05, 4.69) is 25.4 Å². The van der Waals surface area contributed by atoms with Gasteiger partial charge in [0.2, 0.25) is 5.91 Å². The summed E-state index contributed by atoms with van der Waals surface area (Å²) in [6.45, 7) is -0.149. The van der Waals surface area contributed by atoms with Gasteiger partial charge in [-0.05, 0) is 18.2 Å². The van der Waals surface area contributed by atoms with Crippen LogP contribution in [0.25, 0.3) is 22.6 Å². The fourth-order valence-corrected chi connectivity index (χ4v) is 3.66. The Labute approximate surface area is 186 Å². The van der Waals surface area contributed by atoms with Gasteiger partial charge in [0.05, 0.1) is 19.0 Å². The molecule has 0 radical (unpaired) electrons. The zero-order chi connectivity index (χ0) is 23.1. The molecule has 12 heteroatoms. The summed E-state index contributed by atoms with van der Waals surface area (Å²) in [6, 6.07) is 9.89. The molecule has 0 saturated carbocycles. The summed E-state index contributed by atoms with van der Waals surface area (Å²) in [5.74, 6) is -0.698.